The van der Waals surface area contributed by atoms with Gasteiger partial charge in [-0.25, -0.2) is 0 Å². The summed E-state index contributed by atoms with van der Waals surface area (Å²) in [7, 11) is 1.65. The van der Waals surface area contributed by atoms with Gasteiger partial charge in [0.05, 0.1) is 12.6 Å². The number of hydrogen-bond acceptors (Lipinski definition) is 3. The maximum absolute atomic E-state index is 11.5. The van der Waals surface area contributed by atoms with E-state index in [0.29, 0.717) is 6.61 Å². The van der Waals surface area contributed by atoms with Gasteiger partial charge in [-0.3, -0.25) is 10.1 Å². The molecule has 1 amide bonds. The zero-order valence-electron chi connectivity index (χ0n) is 10.2. The average molecular weight is 234 g/mol. The van der Waals surface area contributed by atoms with Gasteiger partial charge in [0, 0.05) is 25.1 Å². The van der Waals surface area contributed by atoms with Gasteiger partial charge in [0.2, 0.25) is 5.91 Å². The summed E-state index contributed by atoms with van der Waals surface area (Å²) in [5.41, 5.74) is 1.13. The molecule has 0 saturated carbocycles. The van der Waals surface area contributed by atoms with Crippen molar-refractivity contribution in [3.8, 4) is 5.75 Å². The minimum atomic E-state index is -0.198. The van der Waals surface area contributed by atoms with Crippen molar-refractivity contribution in [1.82, 2.24) is 10.6 Å². The van der Waals surface area contributed by atoms with E-state index in [0.717, 1.165) is 17.7 Å². The van der Waals surface area contributed by atoms with E-state index in [1.165, 1.54) is 0 Å². The van der Waals surface area contributed by atoms with E-state index in [9.17, 15) is 4.79 Å². The van der Waals surface area contributed by atoms with Crippen molar-refractivity contribution < 1.29 is 9.53 Å². The Bertz CT molecular complexity index is 406. The summed E-state index contributed by atoms with van der Waals surface area (Å²) in [6.07, 6.45) is 0.887. The molecule has 2 atom stereocenters. The van der Waals surface area contributed by atoms with E-state index in [4.69, 9.17) is 4.74 Å². The van der Waals surface area contributed by atoms with E-state index >= 15 is 0 Å². The van der Waals surface area contributed by atoms with Gasteiger partial charge in [-0.05, 0) is 13.0 Å². The first-order chi connectivity index (χ1) is 8.22. The van der Waals surface area contributed by atoms with Crippen LogP contribution < -0.4 is 15.4 Å². The first kappa shape index (κ1) is 11.9. The van der Waals surface area contributed by atoms with Gasteiger partial charge in [0.25, 0.3) is 0 Å². The molecule has 0 spiro atoms. The van der Waals surface area contributed by atoms with Crippen LogP contribution in [0.5, 0.6) is 5.75 Å². The Balaban J connectivity index is 2.11. The lowest BCUT2D eigenvalue weighted by atomic mass is 10.00. The molecule has 1 aliphatic rings. The molecule has 4 nitrogen and oxygen atoms in total. The zero-order valence-corrected chi connectivity index (χ0v) is 10.2. The van der Waals surface area contributed by atoms with Crippen molar-refractivity contribution in [2.75, 3.05) is 13.7 Å². The molecule has 0 saturated heterocycles. The number of amides is 1. The highest BCUT2D eigenvalue weighted by Gasteiger charge is 2.23. The Hall–Kier alpha value is -1.55. The molecule has 1 aliphatic heterocycles. The second-order valence-corrected chi connectivity index (χ2v) is 4.23. The summed E-state index contributed by atoms with van der Waals surface area (Å²) in [6, 6.07) is 7.95. The lowest BCUT2D eigenvalue weighted by molar-refractivity contribution is -0.122. The molecule has 2 rings (SSSR count). The van der Waals surface area contributed by atoms with Crippen molar-refractivity contribution in [1.29, 1.82) is 0 Å². The maximum atomic E-state index is 11.5. The van der Waals surface area contributed by atoms with Crippen LogP contribution >= 0.6 is 0 Å². The van der Waals surface area contributed by atoms with Crippen molar-refractivity contribution in [3.63, 3.8) is 0 Å². The predicted octanol–water partition coefficient (Wildman–Crippen LogP) is 1.23. The van der Waals surface area contributed by atoms with Crippen LogP contribution in [0.15, 0.2) is 24.3 Å². The zero-order chi connectivity index (χ0) is 12.3. The van der Waals surface area contributed by atoms with Gasteiger partial charge in [-0.1, -0.05) is 18.2 Å². The Morgan fingerprint density at radius 2 is 2.24 bits per heavy atom. The number of carbonyl (C=O) groups excluding carboxylic acids is 1. The Labute approximate surface area is 101 Å². The second-order valence-electron chi connectivity index (χ2n) is 4.23. The second kappa shape index (κ2) is 5.19. The van der Waals surface area contributed by atoms with Crippen LogP contribution in [0, 0.1) is 0 Å². The SMILES string of the molecule is CNC(=O)C(C)NC1CCOc2ccccc21. The quantitative estimate of drug-likeness (QED) is 0.827. The van der Waals surface area contributed by atoms with E-state index in [1.807, 2.05) is 31.2 Å². The van der Waals surface area contributed by atoms with Crippen molar-refractivity contribution >= 4 is 5.91 Å². The lowest BCUT2D eigenvalue weighted by Gasteiger charge is -2.28. The first-order valence-corrected chi connectivity index (χ1v) is 5.91. The summed E-state index contributed by atoms with van der Waals surface area (Å²) in [5.74, 6) is 0.925. The van der Waals surface area contributed by atoms with Gasteiger partial charge >= 0.3 is 0 Å². The molecule has 92 valence electrons. The van der Waals surface area contributed by atoms with E-state index < -0.39 is 0 Å². The smallest absolute Gasteiger partial charge is 0.236 e. The minimum Gasteiger partial charge on any atom is -0.493 e. The van der Waals surface area contributed by atoms with Crippen LogP contribution in [0.3, 0.4) is 0 Å². The highest BCUT2D eigenvalue weighted by Crippen LogP contribution is 2.31. The number of hydrogen-bond donors (Lipinski definition) is 2. The van der Waals surface area contributed by atoms with Crippen molar-refractivity contribution in [3.05, 3.63) is 29.8 Å². The molecule has 1 heterocycles. The molecule has 4 heteroatoms. The third-order valence-corrected chi connectivity index (χ3v) is 3.05. The summed E-state index contributed by atoms with van der Waals surface area (Å²) >= 11 is 0. The fraction of sp³-hybridized carbons (Fsp3) is 0.462. The molecular weight excluding hydrogens is 216 g/mol. The number of likely N-dealkylation sites (N-methyl/N-ethyl adjacent to an activating group) is 1. The molecule has 1 aromatic rings. The molecule has 0 fully saturated rings. The summed E-state index contributed by atoms with van der Waals surface area (Å²) in [6.45, 7) is 2.56. The fourth-order valence-corrected chi connectivity index (χ4v) is 2.11. The maximum Gasteiger partial charge on any atom is 0.236 e. The van der Waals surface area contributed by atoms with E-state index in [2.05, 4.69) is 10.6 Å². The van der Waals surface area contributed by atoms with E-state index in [1.54, 1.807) is 7.05 Å². The number of ether oxygens (including phenoxy) is 1. The predicted molar refractivity (Wildman–Crippen MR) is 66.0 cm³/mol. The molecule has 0 radical (unpaired) electrons. The van der Waals surface area contributed by atoms with Crippen molar-refractivity contribution in [2.24, 2.45) is 0 Å². The Morgan fingerprint density at radius 3 is 3.00 bits per heavy atom. The average Bonchev–Trinajstić information content (AvgIpc) is 2.38. The topological polar surface area (TPSA) is 50.4 Å². The minimum absolute atomic E-state index is 0.00831. The lowest BCUT2D eigenvalue weighted by Crippen LogP contribution is -2.43. The summed E-state index contributed by atoms with van der Waals surface area (Å²) in [4.78, 5) is 11.5. The third-order valence-electron chi connectivity index (χ3n) is 3.05. The van der Waals surface area contributed by atoms with Gasteiger partial charge in [-0.15, -0.1) is 0 Å². The van der Waals surface area contributed by atoms with Gasteiger partial charge in [0.15, 0.2) is 0 Å². The number of benzene rings is 1. The number of para-hydroxylation sites is 1. The molecule has 2 N–H and O–H groups in total. The van der Waals surface area contributed by atoms with Gasteiger partial charge in [0.1, 0.15) is 5.75 Å². The highest BCUT2D eigenvalue weighted by molar-refractivity contribution is 5.81. The van der Waals surface area contributed by atoms with Crippen LogP contribution in [0.1, 0.15) is 24.9 Å². The largest absolute Gasteiger partial charge is 0.493 e. The Morgan fingerprint density at radius 1 is 1.47 bits per heavy atom. The van der Waals surface area contributed by atoms with E-state index in [-0.39, 0.29) is 18.0 Å². The fourth-order valence-electron chi connectivity index (χ4n) is 2.11. The Kier molecular flexibility index (Phi) is 3.64. The summed E-state index contributed by atoms with van der Waals surface area (Å²) < 4.78 is 5.58. The van der Waals surface area contributed by atoms with Crippen LogP contribution in [0.25, 0.3) is 0 Å². The van der Waals surface area contributed by atoms with Crippen LogP contribution in [0.4, 0.5) is 0 Å². The number of carbonyl (C=O) groups is 1. The van der Waals surface area contributed by atoms with Crippen molar-refractivity contribution in [2.45, 2.75) is 25.4 Å². The van der Waals surface area contributed by atoms with Gasteiger partial charge in [-0.2, -0.15) is 0 Å². The molecule has 0 bridgehead atoms. The molecule has 1 aromatic carbocycles. The third kappa shape index (κ3) is 2.58. The molecule has 0 aromatic heterocycles. The molecular formula is C13H18N2O2. The molecule has 2 unspecified atom stereocenters. The van der Waals surface area contributed by atoms with Crippen LogP contribution in [0.2, 0.25) is 0 Å². The first-order valence-electron chi connectivity index (χ1n) is 5.91. The highest BCUT2D eigenvalue weighted by atomic mass is 16.5. The number of fused-ring (bicyclic) bond motifs is 1. The summed E-state index contributed by atoms with van der Waals surface area (Å²) in [5, 5.41) is 5.98. The molecule has 17 heavy (non-hydrogen) atoms. The van der Waals surface area contributed by atoms with Crippen LogP contribution in [-0.2, 0) is 4.79 Å². The standard InChI is InChI=1S/C13H18N2O2/c1-9(13(16)14-2)15-11-7-8-17-12-6-4-3-5-10(11)12/h3-6,9,11,15H,7-8H2,1-2H3,(H,14,16). The van der Waals surface area contributed by atoms with Gasteiger partial charge < -0.3 is 10.1 Å². The number of rotatable bonds is 3. The molecule has 0 aliphatic carbocycles. The van der Waals surface area contributed by atoms with Crippen LogP contribution in [-0.4, -0.2) is 25.6 Å². The monoisotopic (exact) mass is 234 g/mol. The normalized spacial score (nSPS) is 20.0. The number of nitrogens with one attached hydrogen (secondary N) is 2.